The Morgan fingerprint density at radius 2 is 1.56 bits per heavy atom. The summed E-state index contributed by atoms with van der Waals surface area (Å²) in [5.41, 5.74) is 5.79. The first-order chi connectivity index (χ1) is 52.5. The maximum atomic E-state index is 15.8. The number of hydrogen-bond donors (Lipinski definition) is 10. The van der Waals surface area contributed by atoms with Gasteiger partial charge in [-0.3, -0.25) is 38.8 Å². The molecule has 1 aliphatic carbocycles. The number of ether oxygens (including phenoxy) is 5. The lowest BCUT2D eigenvalue weighted by Crippen LogP contribution is -2.79. The van der Waals surface area contributed by atoms with Crippen LogP contribution in [-0.4, -0.2) is 224 Å². The Labute approximate surface area is 635 Å². The lowest BCUT2D eigenvalue weighted by atomic mass is 9.45. The fraction of sp³-hybridized carbons (Fsp3) is 0.575. The van der Waals surface area contributed by atoms with Crippen LogP contribution in [0.15, 0.2) is 83.8 Å². The van der Waals surface area contributed by atoms with E-state index < -0.39 is 88.8 Å². The van der Waals surface area contributed by atoms with E-state index in [1.807, 2.05) is 26.1 Å². The van der Waals surface area contributed by atoms with Gasteiger partial charge in [-0.1, -0.05) is 88.0 Å². The molecule has 7 aliphatic rings. The molecule has 586 valence electrons. The van der Waals surface area contributed by atoms with Crippen molar-refractivity contribution in [2.45, 2.75) is 175 Å². The molecule has 3 aromatic carbocycles. The van der Waals surface area contributed by atoms with Gasteiger partial charge in [-0.15, -0.1) is 0 Å². The minimum Gasteiger partial charge on any atom is -0.496 e. The first-order valence-electron chi connectivity index (χ1n) is 38.9. The summed E-state index contributed by atoms with van der Waals surface area (Å²) >= 11 is 0. The number of aliphatic hydroxyl groups is 2. The Kier molecular flexibility index (Phi) is 23.4. The number of hydrogen-bond acceptors (Lipinski definition) is 22. The van der Waals surface area contributed by atoms with Crippen molar-refractivity contribution in [1.82, 2.24) is 50.7 Å². The topological polar surface area (TPSA) is 380 Å². The molecule has 28 nitrogen and oxygen atoms in total. The summed E-state index contributed by atoms with van der Waals surface area (Å²) in [7, 11) is 4.21. The van der Waals surface area contributed by atoms with Crippen molar-refractivity contribution in [2.75, 3.05) is 117 Å². The van der Waals surface area contributed by atoms with Crippen molar-refractivity contribution in [3.05, 3.63) is 123 Å². The smallest absolute Gasteiger partial charge is 0.340 e. The van der Waals surface area contributed by atoms with Crippen molar-refractivity contribution in [3.8, 4) is 5.75 Å². The molecule has 13 rings (SSSR count). The number of carboxylic acids is 1. The zero-order valence-electron chi connectivity index (χ0n) is 63.6. The van der Waals surface area contributed by atoms with E-state index in [0.717, 1.165) is 96.4 Å². The molecule has 2 bridgehead atoms. The van der Waals surface area contributed by atoms with Crippen LogP contribution in [0.25, 0.3) is 22.1 Å². The summed E-state index contributed by atoms with van der Waals surface area (Å²) in [6.07, 6.45) is 14.3. The van der Waals surface area contributed by atoms with Crippen LogP contribution < -0.4 is 42.2 Å². The fourth-order valence-electron chi connectivity index (χ4n) is 20.6. The third-order valence-electron chi connectivity index (χ3n) is 25.4. The molecule has 1 spiro atoms. The number of amides is 3. The van der Waals surface area contributed by atoms with Gasteiger partial charge >= 0.3 is 17.9 Å². The molecule has 109 heavy (non-hydrogen) atoms. The quantitative estimate of drug-likeness (QED) is 0.00944. The van der Waals surface area contributed by atoms with E-state index >= 15 is 9.59 Å². The molecule has 11 atom stereocenters. The normalized spacial score (nSPS) is 26.9. The van der Waals surface area contributed by atoms with Gasteiger partial charge in [0.05, 0.1) is 85.9 Å². The van der Waals surface area contributed by atoms with Gasteiger partial charge in [-0.05, 0) is 117 Å². The maximum Gasteiger partial charge on any atom is 0.340 e. The molecule has 29 heteroatoms. The third-order valence-corrected chi connectivity index (χ3v) is 30.9. The summed E-state index contributed by atoms with van der Waals surface area (Å²) in [5, 5.41) is 49.1. The molecule has 3 aromatic heterocycles. The number of carboxylic acid groups (broad SMARTS) is 1. The van der Waals surface area contributed by atoms with E-state index in [1.54, 1.807) is 19.2 Å². The van der Waals surface area contributed by atoms with Crippen LogP contribution in [0.4, 0.5) is 17.3 Å². The Morgan fingerprint density at radius 1 is 0.826 bits per heavy atom. The Balaban J connectivity index is 0.610. The molecule has 3 amide bonds. The summed E-state index contributed by atoms with van der Waals surface area (Å²) < 4.78 is 30.1. The number of aromatic amines is 2. The van der Waals surface area contributed by atoms with Crippen LogP contribution >= 0.6 is 0 Å². The van der Waals surface area contributed by atoms with Crippen LogP contribution in [0.5, 0.6) is 5.75 Å². The average molecular weight is 1520 g/mol. The van der Waals surface area contributed by atoms with Gasteiger partial charge in [-0.25, -0.2) is 19.6 Å². The number of piperidine rings is 1. The van der Waals surface area contributed by atoms with Gasteiger partial charge in [0.15, 0.2) is 16.8 Å². The number of nitrogen functional groups attached to an aromatic ring is 1. The van der Waals surface area contributed by atoms with Crippen molar-refractivity contribution in [2.24, 2.45) is 17.3 Å². The second-order valence-corrected chi connectivity index (χ2v) is 36.4. The minimum atomic E-state index is -2.32. The Hall–Kier alpha value is -8.84. The summed E-state index contributed by atoms with van der Waals surface area (Å²) in [5.74, 6) is -3.65. The number of methoxy groups -OCH3 is 3. The predicted octanol–water partition coefficient (Wildman–Crippen LogP) is 6.63. The van der Waals surface area contributed by atoms with E-state index in [2.05, 4.69) is 104 Å². The number of carbonyl (C=O) groups excluding carboxylic acids is 5. The zero-order valence-corrected chi connectivity index (χ0v) is 64.6. The Bertz CT molecular complexity index is 4460. The van der Waals surface area contributed by atoms with E-state index in [9.17, 15) is 39.3 Å². The van der Waals surface area contributed by atoms with Crippen LogP contribution in [0.3, 0.4) is 0 Å². The molecule has 6 aliphatic heterocycles. The van der Waals surface area contributed by atoms with E-state index in [-0.39, 0.29) is 92.9 Å². The van der Waals surface area contributed by atoms with E-state index in [0.29, 0.717) is 100 Å². The standard InChI is InChI=1S/C80H107N13O15Si/c1-7-76(102)43-50-44-79(73(100)105-5,66-55(26-32-92(47-50)49-76)54-17-10-11-18-58(54)87-66)57-41-56-60(42-61(57)104-4)91(3)72-78(56)28-33-93-31-16-27-77(8-2,71(78)93)62(80(72,103)74(101)106-6)48-109(38-13-9-14-39-109)40-15-12-19-63(94)82-29-34-107-36-37-108-35-30-83-64(95)25-24-59(70(98)99)88-68(96)51-20-22-52(23-21-51)84-45-53-46-85-67-65(86-53)69(97)90-75(81)89-67/h10-11,16-18,20-23,27,41-42,46,50,59,62,71-72,84,87,102-103H,7-9,12-15,19,24-26,28-40,43-45,47-49H2,1-6H3,(H,82,94)(H,83,95)(H,88,96)(H,98,99)(H3,81,85,89,90,97)/t50-,59-,62+,71-,72+,76-,77-,78+,79-,80+/m0/s1. The second-order valence-electron chi connectivity index (χ2n) is 31.5. The summed E-state index contributed by atoms with van der Waals surface area (Å²) in [4.78, 5) is 121. The highest BCUT2D eigenvalue weighted by Crippen LogP contribution is 2.71. The molecule has 1 saturated carbocycles. The molecular formula is C80H107N13O15Si. The highest BCUT2D eigenvalue weighted by molar-refractivity contribution is 6.80. The molecule has 1 unspecified atom stereocenters. The molecule has 4 fully saturated rings. The number of nitrogens with one attached hydrogen (secondary N) is 6. The van der Waals surface area contributed by atoms with Crippen molar-refractivity contribution >= 4 is 83.1 Å². The van der Waals surface area contributed by atoms with Crippen molar-refractivity contribution in [1.29, 1.82) is 0 Å². The number of H-pyrrole nitrogens is 2. The lowest BCUT2D eigenvalue weighted by molar-refractivity contribution is -0.197. The fourth-order valence-corrected chi connectivity index (χ4v) is 26.5. The monoisotopic (exact) mass is 1520 g/mol. The molecule has 0 radical (unpaired) electrons. The van der Waals surface area contributed by atoms with Gasteiger partial charge in [0.2, 0.25) is 17.8 Å². The number of para-hydroxylation sites is 1. The minimum absolute atomic E-state index is 0.0414. The van der Waals surface area contributed by atoms with Crippen LogP contribution in [0.2, 0.25) is 24.2 Å². The van der Waals surface area contributed by atoms with Gasteiger partial charge in [0, 0.05) is 127 Å². The number of aliphatic carboxylic acids is 1. The first kappa shape index (κ1) is 78.3. The molecule has 6 aromatic rings. The van der Waals surface area contributed by atoms with Crippen LogP contribution in [0.1, 0.15) is 136 Å². The zero-order chi connectivity index (χ0) is 77.0. The summed E-state index contributed by atoms with van der Waals surface area (Å²) in [6.45, 7) is 9.29. The van der Waals surface area contributed by atoms with Crippen molar-refractivity contribution in [3.63, 3.8) is 0 Å². The molecule has 9 heterocycles. The van der Waals surface area contributed by atoms with E-state index in [4.69, 9.17) is 29.4 Å². The van der Waals surface area contributed by atoms with Gasteiger partial charge in [0.1, 0.15) is 17.2 Å². The number of nitrogens with zero attached hydrogens (tertiary/aromatic N) is 6. The number of esters is 2. The maximum absolute atomic E-state index is 15.8. The van der Waals surface area contributed by atoms with Crippen LogP contribution in [-0.2, 0) is 66.7 Å². The number of aromatic nitrogens is 5. The van der Waals surface area contributed by atoms with Crippen LogP contribution in [0, 0.1) is 17.3 Å². The number of fused-ring (bicyclic) bond motifs is 7. The molecular weight excluding hydrogens is 1410 g/mol. The number of rotatable bonds is 31. The number of benzene rings is 3. The van der Waals surface area contributed by atoms with Gasteiger partial charge in [0.25, 0.3) is 11.5 Å². The number of nitrogens with two attached hydrogens (primary N) is 1. The number of carbonyl (C=O) groups is 6. The van der Waals surface area contributed by atoms with Crippen molar-refractivity contribution < 1.29 is 67.8 Å². The predicted molar refractivity (Wildman–Crippen MR) is 413 cm³/mol. The highest BCUT2D eigenvalue weighted by atomic mass is 28.3. The summed E-state index contributed by atoms with van der Waals surface area (Å²) in [6, 6.07) is 20.4. The Morgan fingerprint density at radius 3 is 2.27 bits per heavy atom. The SMILES string of the molecule is CC[C@]1(O)C[C@@H]2CN(CCc3c([nH]c4ccccc34)[C@@](C(=O)OC)(c3cc4c(cc3OC)N(C)[C@H]3[C@@](O)(C(=O)OC)[C@H](C[Si]5(CCCCC(=O)NCCOCCOCCNC(=O)CC[C@H](NC(=O)c6ccc(NCc7cnc8nc(N)[nH]c(=O)c8n7)cc6)C(=O)O)CCCCC5)[C@]5(CC)C=CCN6CC[C@]43[C@@H]65)C2)C1. The number of anilines is 3. The van der Waals surface area contributed by atoms with Gasteiger partial charge < -0.3 is 75.9 Å². The number of likely N-dealkylation sites (N-methyl/N-ethyl adjacent to an activating group) is 1. The average Bonchev–Trinajstić information content (AvgIpc) is 1.49. The van der Waals surface area contributed by atoms with Gasteiger partial charge in [-0.2, -0.15) is 4.98 Å². The highest BCUT2D eigenvalue weighted by Gasteiger charge is 2.79. The number of unbranched alkanes of at least 4 members (excludes halogenated alkanes) is 1. The molecule has 3 saturated heterocycles. The molecule has 11 N–H and O–H groups in total. The van der Waals surface area contributed by atoms with E-state index in [1.165, 1.54) is 32.5 Å². The largest absolute Gasteiger partial charge is 0.496 e. The lowest BCUT2D eigenvalue weighted by Gasteiger charge is -2.65. The third kappa shape index (κ3) is 15.0. The second kappa shape index (κ2) is 32.6. The first-order valence-corrected chi connectivity index (χ1v) is 41.8.